The Morgan fingerprint density at radius 2 is 2.00 bits per heavy atom. The van der Waals surface area contributed by atoms with Crippen molar-refractivity contribution in [1.29, 1.82) is 0 Å². The van der Waals surface area contributed by atoms with Gasteiger partial charge in [0.15, 0.2) is 0 Å². The monoisotopic (exact) mass is 291 g/mol. The van der Waals surface area contributed by atoms with Crippen LogP contribution in [-0.4, -0.2) is 11.6 Å². The summed E-state index contributed by atoms with van der Waals surface area (Å²) in [4.78, 5) is 4.09. The zero-order chi connectivity index (χ0) is 11.9. The van der Waals surface area contributed by atoms with Gasteiger partial charge < -0.3 is 4.74 Å². The van der Waals surface area contributed by atoms with Crippen molar-refractivity contribution in [1.82, 2.24) is 4.98 Å². The van der Waals surface area contributed by atoms with E-state index in [9.17, 15) is 0 Å². The lowest BCUT2D eigenvalue weighted by molar-refractivity contribution is 0.309. The minimum absolute atomic E-state index is 0.720. The zero-order valence-electron chi connectivity index (χ0n) is 9.47. The second-order valence-corrected chi connectivity index (χ2v) is 4.60. The van der Waals surface area contributed by atoms with Gasteiger partial charge in [0.2, 0.25) is 0 Å². The van der Waals surface area contributed by atoms with E-state index in [0.717, 1.165) is 29.7 Å². The molecule has 2 rings (SSSR count). The van der Waals surface area contributed by atoms with Crippen LogP contribution < -0.4 is 4.74 Å². The first kappa shape index (κ1) is 12.1. The van der Waals surface area contributed by atoms with Crippen LogP contribution in [0.5, 0.6) is 5.75 Å². The molecule has 0 N–H and O–H groups in total. The molecule has 1 aromatic heterocycles. The third kappa shape index (κ3) is 3.86. The van der Waals surface area contributed by atoms with Crippen LogP contribution in [0.25, 0.3) is 0 Å². The van der Waals surface area contributed by atoms with Gasteiger partial charge in [-0.15, -0.1) is 0 Å². The fourth-order valence-electron chi connectivity index (χ4n) is 1.57. The van der Waals surface area contributed by atoms with Crippen molar-refractivity contribution in [2.24, 2.45) is 0 Å². The van der Waals surface area contributed by atoms with E-state index in [0.29, 0.717) is 0 Å². The van der Waals surface area contributed by atoms with Crippen molar-refractivity contribution in [2.45, 2.75) is 12.8 Å². The number of aromatic nitrogens is 1. The van der Waals surface area contributed by atoms with Crippen LogP contribution in [0.15, 0.2) is 53.3 Å². The number of hydrogen-bond donors (Lipinski definition) is 0. The average Bonchev–Trinajstić information content (AvgIpc) is 2.38. The predicted octanol–water partition coefficient (Wildman–Crippen LogP) is 3.86. The summed E-state index contributed by atoms with van der Waals surface area (Å²) in [5.41, 5.74) is 1.25. The van der Waals surface area contributed by atoms with Gasteiger partial charge in [0, 0.05) is 12.4 Å². The second kappa shape index (κ2) is 6.40. The Labute approximate surface area is 110 Å². The van der Waals surface area contributed by atoms with Crippen molar-refractivity contribution in [2.75, 3.05) is 6.61 Å². The molecule has 0 saturated carbocycles. The minimum atomic E-state index is 0.720. The zero-order valence-corrected chi connectivity index (χ0v) is 11.1. The lowest BCUT2D eigenvalue weighted by Crippen LogP contribution is -1.99. The first-order valence-electron chi connectivity index (χ1n) is 5.62. The summed E-state index contributed by atoms with van der Waals surface area (Å²) < 4.78 is 6.69. The molecule has 0 bridgehead atoms. The Morgan fingerprint density at radius 3 is 2.76 bits per heavy atom. The summed E-state index contributed by atoms with van der Waals surface area (Å²) in [5.74, 6) is 0.902. The third-order valence-electron chi connectivity index (χ3n) is 2.43. The van der Waals surface area contributed by atoms with Crippen molar-refractivity contribution < 1.29 is 4.74 Å². The molecule has 0 spiro atoms. The maximum atomic E-state index is 5.69. The van der Waals surface area contributed by atoms with E-state index in [1.807, 2.05) is 36.5 Å². The van der Waals surface area contributed by atoms with Gasteiger partial charge in [-0.05, 0) is 52.5 Å². The van der Waals surface area contributed by atoms with Crippen molar-refractivity contribution in [3.8, 4) is 5.75 Å². The Kier molecular flexibility index (Phi) is 4.56. The number of pyridine rings is 1. The molecule has 2 aromatic rings. The Hall–Kier alpha value is -1.35. The van der Waals surface area contributed by atoms with Gasteiger partial charge in [-0.2, -0.15) is 0 Å². The van der Waals surface area contributed by atoms with Crippen LogP contribution in [0.2, 0.25) is 0 Å². The largest absolute Gasteiger partial charge is 0.492 e. The van der Waals surface area contributed by atoms with Crippen LogP contribution in [0.4, 0.5) is 0 Å². The smallest absolute Gasteiger partial charge is 0.133 e. The molecule has 0 aliphatic carbocycles. The number of halogens is 1. The van der Waals surface area contributed by atoms with Crippen LogP contribution in [0.3, 0.4) is 0 Å². The fraction of sp³-hybridized carbons (Fsp3) is 0.214. The maximum Gasteiger partial charge on any atom is 0.133 e. The number of benzene rings is 1. The highest BCUT2D eigenvalue weighted by atomic mass is 79.9. The first-order valence-corrected chi connectivity index (χ1v) is 6.42. The van der Waals surface area contributed by atoms with E-state index in [1.54, 1.807) is 6.20 Å². The van der Waals surface area contributed by atoms with Gasteiger partial charge in [0.05, 0.1) is 11.1 Å². The van der Waals surface area contributed by atoms with Crippen LogP contribution in [0, 0.1) is 0 Å². The molecule has 1 aromatic carbocycles. The summed E-state index contributed by atoms with van der Waals surface area (Å²) >= 11 is 3.46. The summed E-state index contributed by atoms with van der Waals surface area (Å²) in [6.45, 7) is 0.720. The molecule has 0 aliphatic heterocycles. The first-order chi connectivity index (χ1) is 8.36. The number of nitrogens with zero attached hydrogens (tertiary/aromatic N) is 1. The van der Waals surface area contributed by atoms with E-state index < -0.39 is 0 Å². The van der Waals surface area contributed by atoms with Crippen LogP contribution >= 0.6 is 15.9 Å². The molecule has 0 saturated heterocycles. The highest BCUT2D eigenvalue weighted by Crippen LogP contribution is 2.23. The molecule has 3 heteroatoms. The topological polar surface area (TPSA) is 22.1 Å². The van der Waals surface area contributed by atoms with Crippen LogP contribution in [0.1, 0.15) is 12.0 Å². The summed E-state index contributed by atoms with van der Waals surface area (Å²) in [7, 11) is 0. The molecular weight excluding hydrogens is 278 g/mol. The van der Waals surface area contributed by atoms with Crippen molar-refractivity contribution >= 4 is 15.9 Å². The number of hydrogen-bond acceptors (Lipinski definition) is 2. The van der Waals surface area contributed by atoms with Gasteiger partial charge in [-0.1, -0.05) is 18.2 Å². The Balaban J connectivity index is 1.76. The number of ether oxygens (including phenoxy) is 1. The van der Waals surface area contributed by atoms with E-state index in [2.05, 4.69) is 27.0 Å². The second-order valence-electron chi connectivity index (χ2n) is 3.74. The molecule has 0 radical (unpaired) electrons. The number of rotatable bonds is 5. The number of para-hydroxylation sites is 1. The molecule has 0 aliphatic rings. The van der Waals surface area contributed by atoms with Gasteiger partial charge in [0.25, 0.3) is 0 Å². The van der Waals surface area contributed by atoms with E-state index in [-0.39, 0.29) is 0 Å². The molecule has 0 atom stereocenters. The van der Waals surface area contributed by atoms with Gasteiger partial charge >= 0.3 is 0 Å². The number of aryl methyl sites for hydroxylation is 1. The van der Waals surface area contributed by atoms with Crippen molar-refractivity contribution in [3.63, 3.8) is 0 Å². The fourth-order valence-corrected chi connectivity index (χ4v) is 1.97. The standard InChI is InChI=1S/C14H14BrNO/c15-13-7-1-2-8-14(13)17-10-4-6-12-5-3-9-16-11-12/h1-3,5,7-9,11H,4,6,10H2. The van der Waals surface area contributed by atoms with E-state index >= 15 is 0 Å². The van der Waals surface area contributed by atoms with Gasteiger partial charge in [-0.25, -0.2) is 0 Å². The quantitative estimate of drug-likeness (QED) is 0.781. The summed E-state index contributed by atoms with van der Waals surface area (Å²) in [6, 6.07) is 12.0. The van der Waals surface area contributed by atoms with Crippen molar-refractivity contribution in [3.05, 3.63) is 58.8 Å². The minimum Gasteiger partial charge on any atom is -0.492 e. The predicted molar refractivity (Wildman–Crippen MR) is 72.2 cm³/mol. The molecule has 0 amide bonds. The lowest BCUT2D eigenvalue weighted by Gasteiger charge is -2.07. The molecular formula is C14H14BrNO. The van der Waals surface area contributed by atoms with Gasteiger partial charge in [-0.3, -0.25) is 4.98 Å². The molecule has 0 fully saturated rings. The van der Waals surface area contributed by atoms with E-state index in [1.165, 1.54) is 5.56 Å². The average molecular weight is 292 g/mol. The maximum absolute atomic E-state index is 5.69. The molecule has 88 valence electrons. The summed E-state index contributed by atoms with van der Waals surface area (Å²) in [6.07, 6.45) is 5.69. The normalized spacial score (nSPS) is 10.2. The molecule has 17 heavy (non-hydrogen) atoms. The molecule has 0 unspecified atom stereocenters. The Bertz CT molecular complexity index is 459. The highest BCUT2D eigenvalue weighted by molar-refractivity contribution is 9.10. The van der Waals surface area contributed by atoms with Crippen LogP contribution in [-0.2, 0) is 6.42 Å². The highest BCUT2D eigenvalue weighted by Gasteiger charge is 1.99. The molecule has 1 heterocycles. The Morgan fingerprint density at radius 1 is 1.12 bits per heavy atom. The lowest BCUT2D eigenvalue weighted by atomic mass is 10.2. The SMILES string of the molecule is Brc1ccccc1OCCCc1cccnc1. The van der Waals surface area contributed by atoms with E-state index in [4.69, 9.17) is 4.74 Å². The molecule has 2 nitrogen and oxygen atoms in total. The third-order valence-corrected chi connectivity index (χ3v) is 3.08. The summed E-state index contributed by atoms with van der Waals surface area (Å²) in [5, 5.41) is 0. The van der Waals surface area contributed by atoms with Gasteiger partial charge in [0.1, 0.15) is 5.75 Å².